The Morgan fingerprint density at radius 3 is 2.38 bits per heavy atom. The Bertz CT molecular complexity index is 2190. The molecule has 1 amide bonds. The molecule has 2 aliphatic heterocycles. The molecule has 0 bridgehead atoms. The van der Waals surface area contributed by atoms with Crippen LogP contribution in [-0.4, -0.2) is 74.5 Å². The van der Waals surface area contributed by atoms with E-state index in [1.54, 1.807) is 53.5 Å². The lowest BCUT2D eigenvalue weighted by atomic mass is 10.1. The summed E-state index contributed by atoms with van der Waals surface area (Å²) in [5.41, 5.74) is 2.03. The molecule has 0 aliphatic carbocycles. The normalized spacial score (nSPS) is 17.2. The van der Waals surface area contributed by atoms with Gasteiger partial charge < -0.3 is 24.6 Å². The molecule has 0 unspecified atom stereocenters. The fourth-order valence-corrected chi connectivity index (χ4v) is 6.69. The van der Waals surface area contributed by atoms with Crippen LogP contribution in [0.1, 0.15) is 17.5 Å². The van der Waals surface area contributed by atoms with E-state index < -0.39 is 63.3 Å². The Kier molecular flexibility index (Phi) is 9.95. The Hall–Kier alpha value is -5.10. The van der Waals surface area contributed by atoms with Crippen molar-refractivity contribution in [2.75, 3.05) is 23.7 Å². The second-order valence-electron chi connectivity index (χ2n) is 10.5. The van der Waals surface area contributed by atoms with E-state index in [4.69, 9.17) is 26.8 Å². The van der Waals surface area contributed by atoms with Crippen LogP contribution in [0.4, 0.5) is 5.69 Å². The summed E-state index contributed by atoms with van der Waals surface area (Å²) in [4.78, 5) is 52.1. The highest BCUT2D eigenvalue weighted by molar-refractivity contribution is 7.85. The van der Waals surface area contributed by atoms with Crippen molar-refractivity contribution in [3.63, 3.8) is 0 Å². The van der Waals surface area contributed by atoms with Crippen molar-refractivity contribution in [2.45, 2.75) is 19.9 Å². The number of nitrogens with zero attached hydrogens (tertiary/aromatic N) is 3. The fourth-order valence-electron chi connectivity index (χ4n) is 4.90. The number of ether oxygens (including phenoxy) is 2. The number of thiocarbonyl (C=S) groups is 1. The Balaban J connectivity index is 1.64. The topological polar surface area (TPSA) is 193 Å². The molecule has 3 aromatic rings. The minimum atomic E-state index is -4.19. The predicted molar refractivity (Wildman–Crippen MR) is 179 cm³/mol. The van der Waals surface area contributed by atoms with E-state index in [0.29, 0.717) is 33.4 Å². The van der Waals surface area contributed by atoms with Crippen molar-refractivity contribution in [3.05, 3.63) is 97.2 Å². The fraction of sp³-hybridized carbons (Fsp3) is 0.194. The molecule has 0 saturated carbocycles. The third-order valence-electron chi connectivity index (χ3n) is 7.01. The van der Waals surface area contributed by atoms with Gasteiger partial charge in [0.2, 0.25) is 11.6 Å². The number of carbonyl (C=O) groups is 3. The summed E-state index contributed by atoms with van der Waals surface area (Å²) >= 11 is 5.78. The lowest BCUT2D eigenvalue weighted by Crippen LogP contribution is -2.36. The van der Waals surface area contributed by atoms with Gasteiger partial charge in [-0.2, -0.15) is 8.42 Å². The molecular weight excluding hydrogens is 687 g/mol. The number of rotatable bonds is 11. The second-order valence-corrected chi connectivity index (χ2v) is 13.5. The number of aryl methyl sites for hydroxylation is 1. The van der Waals surface area contributed by atoms with E-state index in [-0.39, 0.29) is 22.2 Å². The number of carboxylic acid groups (broad SMARTS) is 2. The predicted octanol–water partition coefficient (Wildman–Crippen LogP) is 1.52. The van der Waals surface area contributed by atoms with Crippen LogP contribution in [0.3, 0.4) is 0 Å². The maximum atomic E-state index is 13.6. The van der Waals surface area contributed by atoms with Crippen LogP contribution in [0, 0.1) is 6.92 Å². The number of thiazole rings is 1. The maximum Gasteiger partial charge on any atom is 0.323 e. The van der Waals surface area contributed by atoms with Gasteiger partial charge in [-0.05, 0) is 72.6 Å². The summed E-state index contributed by atoms with van der Waals surface area (Å²) in [6.45, 7) is 0.486. The molecule has 2 aliphatic rings. The van der Waals surface area contributed by atoms with Crippen LogP contribution in [0.25, 0.3) is 17.4 Å². The minimum absolute atomic E-state index is 0.0301. The molecule has 3 N–H and O–H groups in total. The molecule has 250 valence electrons. The molecule has 5 rings (SSSR count). The number of hydrogen-bond donors (Lipinski definition) is 3. The smallest absolute Gasteiger partial charge is 0.323 e. The first kappa shape index (κ1) is 34.2. The molecule has 0 spiro atoms. The van der Waals surface area contributed by atoms with Gasteiger partial charge in [-0.15, -0.1) is 11.3 Å². The highest BCUT2D eigenvalue weighted by Crippen LogP contribution is 2.39. The number of hydrogen-bond acceptors (Lipinski definition) is 11. The summed E-state index contributed by atoms with van der Waals surface area (Å²) in [5.74, 6) is -3.70. The average molecular weight is 714 g/mol. The number of allylic oxidation sites excluding steroid dienone is 3. The van der Waals surface area contributed by atoms with Crippen LogP contribution in [0.15, 0.2) is 71.4 Å². The highest BCUT2D eigenvalue weighted by Gasteiger charge is 2.37. The lowest BCUT2D eigenvalue weighted by Gasteiger charge is -2.18. The van der Waals surface area contributed by atoms with Gasteiger partial charge in [0, 0.05) is 6.54 Å². The van der Waals surface area contributed by atoms with Crippen molar-refractivity contribution in [2.24, 2.45) is 0 Å². The molecule has 48 heavy (non-hydrogen) atoms. The minimum Gasteiger partial charge on any atom is -0.480 e. The lowest BCUT2D eigenvalue weighted by molar-refractivity contribution is -0.140. The van der Waals surface area contributed by atoms with Crippen LogP contribution in [0.2, 0.25) is 0 Å². The number of carboxylic acids is 2. The number of benzene rings is 2. The molecule has 1 saturated heterocycles. The molecule has 0 atom stereocenters. The summed E-state index contributed by atoms with van der Waals surface area (Å²) in [6.07, 6.45) is 4.89. The van der Waals surface area contributed by atoms with E-state index in [2.05, 4.69) is 0 Å². The highest BCUT2D eigenvalue weighted by atomic mass is 32.2. The maximum absolute atomic E-state index is 13.6. The van der Waals surface area contributed by atoms with Gasteiger partial charge in [0.05, 0.1) is 16.0 Å². The van der Waals surface area contributed by atoms with Gasteiger partial charge in [0.15, 0.2) is 5.75 Å². The van der Waals surface area contributed by atoms with Gasteiger partial charge in [0.1, 0.15) is 17.8 Å². The number of aliphatic carboxylic acids is 2. The van der Waals surface area contributed by atoms with E-state index in [1.165, 1.54) is 6.08 Å². The SMILES string of the molecule is Cc1ccc2c(c1)N(CCCS(=O)(=O)O)C(=CC=C(C=c1sc(=C3OC(=S)N(CC(=O)O)C3=O)n(CC(=O)O)c1=O)c1ccccc1)O2. The van der Waals surface area contributed by atoms with Crippen molar-refractivity contribution in [3.8, 4) is 5.75 Å². The van der Waals surface area contributed by atoms with Crippen LogP contribution >= 0.6 is 23.6 Å². The van der Waals surface area contributed by atoms with Crippen molar-refractivity contribution < 1.29 is 47.0 Å². The molecule has 2 aromatic carbocycles. The van der Waals surface area contributed by atoms with Crippen molar-refractivity contribution >= 4 is 79.8 Å². The zero-order chi connectivity index (χ0) is 34.7. The largest absolute Gasteiger partial charge is 0.480 e. The molecule has 14 nitrogen and oxygen atoms in total. The monoisotopic (exact) mass is 713 g/mol. The zero-order valence-electron chi connectivity index (χ0n) is 25.1. The summed E-state index contributed by atoms with van der Waals surface area (Å²) in [6, 6.07) is 14.4. The van der Waals surface area contributed by atoms with Crippen molar-refractivity contribution in [1.29, 1.82) is 0 Å². The third kappa shape index (κ3) is 7.71. The summed E-state index contributed by atoms with van der Waals surface area (Å²) in [5, 5.41) is 18.3. The first-order valence-corrected chi connectivity index (χ1v) is 17.0. The number of anilines is 1. The van der Waals surface area contributed by atoms with Gasteiger partial charge in [-0.3, -0.25) is 33.2 Å². The van der Waals surface area contributed by atoms with Crippen LogP contribution < -0.4 is 24.4 Å². The number of fused-ring (bicyclic) bond motifs is 1. The first-order valence-electron chi connectivity index (χ1n) is 14.1. The zero-order valence-corrected chi connectivity index (χ0v) is 27.5. The van der Waals surface area contributed by atoms with Crippen LogP contribution in [0.5, 0.6) is 5.75 Å². The third-order valence-corrected chi connectivity index (χ3v) is 9.23. The summed E-state index contributed by atoms with van der Waals surface area (Å²) < 4.78 is 44.2. The van der Waals surface area contributed by atoms with Crippen molar-refractivity contribution in [1.82, 2.24) is 9.47 Å². The Morgan fingerprint density at radius 2 is 1.71 bits per heavy atom. The van der Waals surface area contributed by atoms with E-state index >= 15 is 0 Å². The Labute approximate surface area is 282 Å². The van der Waals surface area contributed by atoms with Gasteiger partial charge in [0.25, 0.3) is 20.9 Å². The van der Waals surface area contributed by atoms with E-state index in [9.17, 15) is 37.3 Å². The quantitative estimate of drug-likeness (QED) is 0.192. The Morgan fingerprint density at radius 1 is 1.00 bits per heavy atom. The number of aromatic nitrogens is 1. The van der Waals surface area contributed by atoms with Gasteiger partial charge in [-0.25, -0.2) is 0 Å². The summed E-state index contributed by atoms with van der Waals surface area (Å²) in [7, 11) is -4.19. The van der Waals surface area contributed by atoms with E-state index in [1.807, 2.05) is 19.1 Å². The molecule has 1 fully saturated rings. The van der Waals surface area contributed by atoms with Crippen LogP contribution in [-0.2, 0) is 35.8 Å². The molecule has 0 radical (unpaired) electrons. The number of amides is 1. The standard InChI is InChI=1S/C31H27N3O11S3/c1-18-8-10-22-21(14-18)32(12-5-13-48(41,42)43)24(44-22)11-9-20(19-6-3-2-4-7-19)15-23-28(39)33(16-25(35)36)30(47-23)27-29(40)34(17-26(37)38)31(46)45-27/h2-4,6-11,14-15H,5,12-13,16-17H2,1H3,(H,35,36)(H,37,38)(H,41,42,43). The van der Waals surface area contributed by atoms with Gasteiger partial charge >= 0.3 is 17.8 Å². The molecule has 1 aromatic heterocycles. The van der Waals surface area contributed by atoms with Gasteiger partial charge in [-0.1, -0.05) is 36.4 Å². The first-order chi connectivity index (χ1) is 22.7. The molecular formula is C31H27N3O11S3. The average Bonchev–Trinajstić information content (AvgIpc) is 3.61. The number of carbonyl (C=O) groups excluding carboxylic acids is 1. The molecule has 17 heteroatoms. The van der Waals surface area contributed by atoms with E-state index in [0.717, 1.165) is 21.5 Å². The molecule has 3 heterocycles. The second kappa shape index (κ2) is 13.9.